The van der Waals surface area contributed by atoms with Crippen LogP contribution in [-0.4, -0.2) is 25.8 Å². The van der Waals surface area contributed by atoms with E-state index in [1.165, 1.54) is 12.8 Å². The van der Waals surface area contributed by atoms with Gasteiger partial charge in [-0.25, -0.2) is 9.78 Å². The Hall–Kier alpha value is -2.17. The Labute approximate surface area is 118 Å². The molecule has 2 aromatic rings. The number of hydrogen-bond donors (Lipinski definition) is 1. The van der Waals surface area contributed by atoms with E-state index in [-0.39, 0.29) is 5.69 Å². The van der Waals surface area contributed by atoms with E-state index in [0.717, 1.165) is 24.1 Å². The summed E-state index contributed by atoms with van der Waals surface area (Å²) >= 11 is 0. The van der Waals surface area contributed by atoms with Crippen molar-refractivity contribution in [3.8, 4) is 11.1 Å². The third kappa shape index (κ3) is 3.23. The van der Waals surface area contributed by atoms with Crippen molar-refractivity contribution >= 4 is 5.97 Å². The molecule has 1 N–H and O–H groups in total. The molecule has 0 aliphatic rings. The first kappa shape index (κ1) is 14.2. The summed E-state index contributed by atoms with van der Waals surface area (Å²) < 4.78 is 1.92. The number of hydrogen-bond acceptors (Lipinski definition) is 3. The molecule has 5 nitrogen and oxygen atoms in total. The van der Waals surface area contributed by atoms with Gasteiger partial charge in [0.25, 0.3) is 0 Å². The first-order chi connectivity index (χ1) is 9.61. The lowest BCUT2D eigenvalue weighted by atomic mass is 10.1. The quantitative estimate of drug-likeness (QED) is 0.821. The van der Waals surface area contributed by atoms with Crippen LogP contribution in [0.1, 0.15) is 42.2 Å². The van der Waals surface area contributed by atoms with Crippen molar-refractivity contribution in [2.24, 2.45) is 0 Å². The highest BCUT2D eigenvalue weighted by Crippen LogP contribution is 2.20. The lowest BCUT2D eigenvalue weighted by molar-refractivity contribution is 0.0689. The fourth-order valence-corrected chi connectivity index (χ4v) is 2.12. The number of carboxylic acids is 1. The van der Waals surface area contributed by atoms with Crippen LogP contribution < -0.4 is 0 Å². The lowest BCUT2D eigenvalue weighted by Gasteiger charge is -2.02. The van der Waals surface area contributed by atoms with Gasteiger partial charge in [-0.05, 0) is 25.0 Å². The number of rotatable bonds is 6. The van der Waals surface area contributed by atoms with Crippen LogP contribution in [0.5, 0.6) is 0 Å². The number of carbonyl (C=O) groups is 1. The first-order valence-corrected chi connectivity index (χ1v) is 6.84. The van der Waals surface area contributed by atoms with Crippen molar-refractivity contribution in [1.29, 1.82) is 0 Å². The molecule has 0 saturated carbocycles. The van der Waals surface area contributed by atoms with Crippen LogP contribution in [0, 0.1) is 6.92 Å². The second kappa shape index (κ2) is 6.32. The topological polar surface area (TPSA) is 68.0 Å². The van der Waals surface area contributed by atoms with Gasteiger partial charge >= 0.3 is 5.97 Å². The van der Waals surface area contributed by atoms with E-state index in [9.17, 15) is 4.79 Å². The Morgan fingerprint density at radius 3 is 2.75 bits per heavy atom. The Morgan fingerprint density at radius 2 is 2.10 bits per heavy atom. The van der Waals surface area contributed by atoms with Crippen molar-refractivity contribution in [2.75, 3.05) is 0 Å². The van der Waals surface area contributed by atoms with E-state index in [0.29, 0.717) is 5.56 Å². The second-order valence-corrected chi connectivity index (χ2v) is 4.89. The Balaban J connectivity index is 2.15. The van der Waals surface area contributed by atoms with Gasteiger partial charge in [0.05, 0.1) is 6.20 Å². The SMILES string of the molecule is CCCCCn1cc(-c2cnc(C(=O)O)c(C)c2)cn1. The first-order valence-electron chi connectivity index (χ1n) is 6.84. The second-order valence-electron chi connectivity index (χ2n) is 4.89. The van der Waals surface area contributed by atoms with Gasteiger partial charge in [-0.2, -0.15) is 5.10 Å². The summed E-state index contributed by atoms with van der Waals surface area (Å²) in [6, 6.07) is 1.84. The van der Waals surface area contributed by atoms with Crippen LogP contribution in [0.15, 0.2) is 24.7 Å². The van der Waals surface area contributed by atoms with Gasteiger partial charge in [-0.15, -0.1) is 0 Å². The molecule has 0 amide bonds. The van der Waals surface area contributed by atoms with Gasteiger partial charge < -0.3 is 5.11 Å². The molecular weight excluding hydrogens is 254 g/mol. The third-order valence-electron chi connectivity index (χ3n) is 3.24. The van der Waals surface area contributed by atoms with E-state index in [1.807, 2.05) is 16.9 Å². The summed E-state index contributed by atoms with van der Waals surface area (Å²) in [7, 11) is 0. The van der Waals surface area contributed by atoms with Gasteiger partial charge in [0.1, 0.15) is 0 Å². The zero-order valence-electron chi connectivity index (χ0n) is 11.8. The number of nitrogens with zero attached hydrogens (tertiary/aromatic N) is 3. The molecule has 0 atom stereocenters. The van der Waals surface area contributed by atoms with Crippen LogP contribution in [0.3, 0.4) is 0 Å². The molecule has 0 fully saturated rings. The molecular formula is C15H19N3O2. The maximum absolute atomic E-state index is 10.9. The predicted octanol–water partition coefficient (Wildman–Crippen LogP) is 3.14. The molecule has 0 radical (unpaired) electrons. The van der Waals surface area contributed by atoms with Gasteiger partial charge in [-0.3, -0.25) is 4.68 Å². The molecule has 0 aromatic carbocycles. The monoisotopic (exact) mass is 273 g/mol. The van der Waals surface area contributed by atoms with Crippen molar-refractivity contribution < 1.29 is 9.90 Å². The largest absolute Gasteiger partial charge is 0.477 e. The summed E-state index contributed by atoms with van der Waals surface area (Å²) in [4.78, 5) is 14.9. The van der Waals surface area contributed by atoms with E-state index in [4.69, 9.17) is 5.11 Å². The Kier molecular flexibility index (Phi) is 4.50. The number of aromatic nitrogens is 3. The summed E-state index contributed by atoms with van der Waals surface area (Å²) in [5.41, 5.74) is 2.63. The maximum Gasteiger partial charge on any atom is 0.354 e. The highest BCUT2D eigenvalue weighted by Gasteiger charge is 2.10. The zero-order valence-corrected chi connectivity index (χ0v) is 11.8. The van der Waals surface area contributed by atoms with Crippen LogP contribution in [0.2, 0.25) is 0 Å². The lowest BCUT2D eigenvalue weighted by Crippen LogP contribution is -2.03. The maximum atomic E-state index is 10.9. The molecule has 2 rings (SSSR count). The van der Waals surface area contributed by atoms with Crippen LogP contribution in [0.4, 0.5) is 0 Å². The van der Waals surface area contributed by atoms with E-state index in [1.54, 1.807) is 19.3 Å². The Bertz CT molecular complexity index is 605. The smallest absolute Gasteiger partial charge is 0.354 e. The predicted molar refractivity (Wildman–Crippen MR) is 76.7 cm³/mol. The third-order valence-corrected chi connectivity index (χ3v) is 3.24. The molecule has 106 valence electrons. The van der Waals surface area contributed by atoms with E-state index in [2.05, 4.69) is 17.0 Å². The fourth-order valence-electron chi connectivity index (χ4n) is 2.12. The number of carboxylic acid groups (broad SMARTS) is 1. The summed E-state index contributed by atoms with van der Waals surface area (Å²) in [6.07, 6.45) is 8.86. The summed E-state index contributed by atoms with van der Waals surface area (Å²) in [5, 5.41) is 13.3. The summed E-state index contributed by atoms with van der Waals surface area (Å²) in [5.74, 6) is -0.996. The van der Waals surface area contributed by atoms with Crippen molar-refractivity contribution in [1.82, 2.24) is 14.8 Å². The van der Waals surface area contributed by atoms with Gasteiger partial charge in [0.2, 0.25) is 0 Å². The van der Waals surface area contributed by atoms with Crippen molar-refractivity contribution in [2.45, 2.75) is 39.7 Å². The zero-order chi connectivity index (χ0) is 14.5. The molecule has 0 spiro atoms. The fraction of sp³-hybridized carbons (Fsp3) is 0.400. The summed E-state index contributed by atoms with van der Waals surface area (Å²) in [6.45, 7) is 4.84. The molecule has 0 aliphatic heterocycles. The van der Waals surface area contributed by atoms with E-state index >= 15 is 0 Å². The van der Waals surface area contributed by atoms with Crippen LogP contribution in [-0.2, 0) is 6.54 Å². The standard InChI is InChI=1S/C15H19N3O2/c1-3-4-5-6-18-10-13(9-17-18)12-7-11(2)14(15(19)20)16-8-12/h7-10H,3-6H2,1-2H3,(H,19,20). The molecule has 5 heteroatoms. The number of aromatic carboxylic acids is 1. The Morgan fingerprint density at radius 1 is 1.30 bits per heavy atom. The van der Waals surface area contributed by atoms with E-state index < -0.39 is 5.97 Å². The molecule has 2 heterocycles. The number of pyridine rings is 1. The number of aryl methyl sites for hydroxylation is 2. The van der Waals surface area contributed by atoms with Gasteiger partial charge in [-0.1, -0.05) is 19.8 Å². The minimum Gasteiger partial charge on any atom is -0.477 e. The van der Waals surface area contributed by atoms with Gasteiger partial charge in [0, 0.05) is 30.1 Å². The normalized spacial score (nSPS) is 10.7. The number of unbranched alkanes of at least 4 members (excludes halogenated alkanes) is 2. The van der Waals surface area contributed by atoms with Gasteiger partial charge in [0.15, 0.2) is 5.69 Å². The highest BCUT2D eigenvalue weighted by molar-refractivity contribution is 5.87. The molecule has 0 saturated heterocycles. The molecule has 0 bridgehead atoms. The molecule has 0 aliphatic carbocycles. The molecule has 2 aromatic heterocycles. The average molecular weight is 273 g/mol. The highest BCUT2D eigenvalue weighted by atomic mass is 16.4. The molecule has 0 unspecified atom stereocenters. The van der Waals surface area contributed by atoms with Crippen LogP contribution in [0.25, 0.3) is 11.1 Å². The minimum atomic E-state index is -0.996. The average Bonchev–Trinajstić information content (AvgIpc) is 2.87. The minimum absolute atomic E-state index is 0.101. The van der Waals surface area contributed by atoms with Crippen molar-refractivity contribution in [3.05, 3.63) is 35.9 Å². The van der Waals surface area contributed by atoms with Crippen molar-refractivity contribution in [3.63, 3.8) is 0 Å². The van der Waals surface area contributed by atoms with Crippen LogP contribution >= 0.6 is 0 Å². The molecule has 20 heavy (non-hydrogen) atoms.